The number of halogens is 2. The van der Waals surface area contributed by atoms with Crippen molar-refractivity contribution in [2.75, 3.05) is 68.8 Å². The van der Waals surface area contributed by atoms with E-state index in [0.29, 0.717) is 29.9 Å². The smallest absolute Gasteiger partial charge is 0.429 e. The lowest BCUT2D eigenvalue weighted by molar-refractivity contribution is 0.0521. The minimum atomic E-state index is -1.53. The number of hydrogen-bond donors (Lipinski definition) is 2. The first kappa shape index (κ1) is 41.3. The molecule has 59 heavy (non-hydrogen) atoms. The molecule has 1 unspecified atom stereocenters. The summed E-state index contributed by atoms with van der Waals surface area (Å²) in [4.78, 5) is 71.2. The number of carboxylic acid groups (broad SMARTS) is 1. The summed E-state index contributed by atoms with van der Waals surface area (Å²) >= 11 is 0. The third-order valence-electron chi connectivity index (χ3n) is 10.5. The molecule has 0 saturated carbocycles. The fourth-order valence-electron chi connectivity index (χ4n) is 8.04. The van der Waals surface area contributed by atoms with E-state index >= 15 is 8.78 Å². The maximum atomic E-state index is 16.4. The fraction of sp³-hybridized carbons (Fsp3) is 0.463. The molecule has 2 aliphatic heterocycles. The molecule has 5 aromatic rings. The average Bonchev–Trinajstić information content (AvgIpc) is 3.84. The van der Waals surface area contributed by atoms with Crippen molar-refractivity contribution in [1.82, 2.24) is 24.5 Å². The zero-order valence-corrected chi connectivity index (χ0v) is 34.5. The van der Waals surface area contributed by atoms with Gasteiger partial charge in [0, 0.05) is 75.6 Å². The van der Waals surface area contributed by atoms with Crippen molar-refractivity contribution in [2.45, 2.75) is 65.2 Å². The van der Waals surface area contributed by atoms with Gasteiger partial charge in [0.1, 0.15) is 22.4 Å². The van der Waals surface area contributed by atoms with E-state index in [1.807, 2.05) is 7.05 Å². The second-order valence-electron chi connectivity index (χ2n) is 17.1. The number of aromatic carboxylic acids is 1. The van der Waals surface area contributed by atoms with E-state index in [9.17, 15) is 24.3 Å². The topological polar surface area (TPSA) is 176 Å². The van der Waals surface area contributed by atoms with E-state index in [0.717, 1.165) is 35.1 Å². The molecule has 314 valence electrons. The largest absolute Gasteiger partial charge is 0.477 e. The highest BCUT2D eigenvalue weighted by Gasteiger charge is 2.42. The minimum Gasteiger partial charge on any atom is -0.477 e. The van der Waals surface area contributed by atoms with Gasteiger partial charge in [-0.15, -0.1) is 0 Å². The fourth-order valence-corrected chi connectivity index (χ4v) is 8.04. The van der Waals surface area contributed by atoms with Crippen LogP contribution >= 0.6 is 0 Å². The number of carbonyl (C=O) groups is 3. The third kappa shape index (κ3) is 7.62. The molecule has 6 heterocycles. The summed E-state index contributed by atoms with van der Waals surface area (Å²) in [5, 5.41) is 11.3. The van der Waals surface area contributed by atoms with Crippen LogP contribution in [-0.2, 0) is 14.2 Å². The van der Waals surface area contributed by atoms with Crippen LogP contribution in [0.3, 0.4) is 0 Å². The van der Waals surface area contributed by atoms with E-state index in [2.05, 4.69) is 24.8 Å². The number of ether oxygens (including phenoxy) is 3. The molecule has 2 aliphatic rings. The van der Waals surface area contributed by atoms with Gasteiger partial charge < -0.3 is 34.1 Å². The number of aromatic nitrogens is 4. The van der Waals surface area contributed by atoms with Gasteiger partial charge in [0.15, 0.2) is 17.3 Å². The molecule has 2 atom stereocenters. The van der Waals surface area contributed by atoms with Crippen molar-refractivity contribution in [3.05, 3.63) is 58.1 Å². The summed E-state index contributed by atoms with van der Waals surface area (Å²) in [6.45, 7) is 12.2. The van der Waals surface area contributed by atoms with E-state index in [1.54, 1.807) is 47.7 Å². The predicted molar refractivity (Wildman–Crippen MR) is 218 cm³/mol. The van der Waals surface area contributed by atoms with Gasteiger partial charge in [-0.1, -0.05) is 0 Å². The average molecular weight is 819 g/mol. The lowest BCUT2D eigenvalue weighted by Crippen LogP contribution is -2.46. The van der Waals surface area contributed by atoms with Crippen LogP contribution in [0.4, 0.5) is 29.7 Å². The number of amides is 2. The number of methoxy groups -OCH3 is 1. The molecule has 0 aliphatic carbocycles. The Kier molecular flexibility index (Phi) is 10.5. The van der Waals surface area contributed by atoms with Crippen LogP contribution in [0, 0.1) is 17.6 Å². The van der Waals surface area contributed by atoms with Crippen molar-refractivity contribution in [3.8, 4) is 11.1 Å². The number of H-pyrrole nitrogens is 1. The van der Waals surface area contributed by atoms with Crippen molar-refractivity contribution < 1.29 is 42.5 Å². The SMILES string of the molecule is COCCN(C(=O)OC(C)(C)C)n1cc(C(=O)O)c(=O)c2cc(-c3cnc4[nH]c5c(N(C)C(=O)OC(C)(C)C)cc(F)c(F)c5c4c3N3CCC4CN(C)C[C@H]43)cnc21. The van der Waals surface area contributed by atoms with Gasteiger partial charge in [0.25, 0.3) is 0 Å². The molecular formula is C41H48F2N8O8. The Balaban J connectivity index is 1.50. The number of nitrogens with zero attached hydrogens (tertiary/aromatic N) is 7. The Morgan fingerprint density at radius 3 is 2.36 bits per heavy atom. The summed E-state index contributed by atoms with van der Waals surface area (Å²) in [5.74, 6) is -3.62. The quantitative estimate of drug-likeness (QED) is 0.184. The van der Waals surface area contributed by atoms with Crippen LogP contribution in [0.2, 0.25) is 0 Å². The molecular weight excluding hydrogens is 770 g/mol. The maximum absolute atomic E-state index is 16.4. The molecule has 7 rings (SSSR count). The molecule has 1 aromatic carbocycles. The Hall–Kier alpha value is -5.88. The van der Waals surface area contributed by atoms with Crippen LogP contribution in [0.1, 0.15) is 58.3 Å². The molecule has 0 radical (unpaired) electrons. The standard InChI is InChI=1S/C41H48F2N8O8/c1-40(2,3)58-38(55)48(8)27-15-26(42)31(43)29-30-33(49-11-10-21-18-47(7)20-28(21)49)24(17-44-35(30)46-32(27)29)22-14-23-34(52)25(37(53)54)19-51(36(23)45-16-22)50(12-13-57-9)39(56)59-41(4,5)6/h14-17,19,21,28H,10-13,18,20H2,1-9H3,(H,44,46)(H,53,54)/t21?,28-/m1/s1. The lowest BCUT2D eigenvalue weighted by Gasteiger charge is -2.30. The van der Waals surface area contributed by atoms with Gasteiger partial charge in [0.2, 0.25) is 5.43 Å². The second kappa shape index (κ2) is 15.1. The number of likely N-dealkylation sites (N-methyl/N-ethyl adjacent to an activating group) is 1. The third-order valence-corrected chi connectivity index (χ3v) is 10.5. The summed E-state index contributed by atoms with van der Waals surface area (Å²) < 4.78 is 49.8. The summed E-state index contributed by atoms with van der Waals surface area (Å²) in [5.41, 5.74) is -1.76. The monoisotopic (exact) mass is 818 g/mol. The molecule has 0 bridgehead atoms. The molecule has 2 saturated heterocycles. The normalized spacial score (nSPS) is 17.2. The highest BCUT2D eigenvalue weighted by atomic mass is 19.2. The van der Waals surface area contributed by atoms with Gasteiger partial charge in [-0.25, -0.2) is 42.8 Å². The molecule has 18 heteroatoms. The zero-order valence-electron chi connectivity index (χ0n) is 34.5. The highest BCUT2D eigenvalue weighted by molar-refractivity contribution is 6.19. The molecule has 0 spiro atoms. The van der Waals surface area contributed by atoms with Crippen LogP contribution in [0.15, 0.2) is 35.5 Å². The molecule has 2 amide bonds. The van der Waals surface area contributed by atoms with Gasteiger partial charge in [-0.05, 0) is 67.0 Å². The number of likely N-dealkylation sites (tertiary alicyclic amines) is 1. The molecule has 16 nitrogen and oxygen atoms in total. The summed E-state index contributed by atoms with van der Waals surface area (Å²) in [6.07, 6.45) is 3.21. The predicted octanol–water partition coefficient (Wildman–Crippen LogP) is 6.10. The van der Waals surface area contributed by atoms with E-state index in [-0.39, 0.29) is 63.8 Å². The Morgan fingerprint density at radius 1 is 1.00 bits per heavy atom. The van der Waals surface area contributed by atoms with E-state index < -0.39 is 52.0 Å². The van der Waals surface area contributed by atoms with Gasteiger partial charge >= 0.3 is 18.2 Å². The number of carboxylic acids is 1. The van der Waals surface area contributed by atoms with E-state index in [1.165, 1.54) is 31.1 Å². The van der Waals surface area contributed by atoms with Gasteiger partial charge in [-0.3, -0.25) is 9.69 Å². The van der Waals surface area contributed by atoms with Crippen molar-refractivity contribution in [1.29, 1.82) is 0 Å². The van der Waals surface area contributed by atoms with Crippen molar-refractivity contribution in [3.63, 3.8) is 0 Å². The first-order chi connectivity index (χ1) is 27.7. The van der Waals surface area contributed by atoms with Crippen LogP contribution in [-0.4, -0.2) is 119 Å². The van der Waals surface area contributed by atoms with Crippen LogP contribution in [0.25, 0.3) is 44.1 Å². The summed E-state index contributed by atoms with van der Waals surface area (Å²) in [7, 11) is 4.86. The highest BCUT2D eigenvalue weighted by Crippen LogP contribution is 2.47. The summed E-state index contributed by atoms with van der Waals surface area (Å²) in [6, 6.07) is 2.37. The van der Waals surface area contributed by atoms with Crippen LogP contribution in [0.5, 0.6) is 0 Å². The number of nitrogens with one attached hydrogen (secondary N) is 1. The number of benzene rings is 1. The number of carbonyl (C=O) groups excluding carboxylic acids is 2. The van der Waals surface area contributed by atoms with Gasteiger partial charge in [0.05, 0.1) is 46.2 Å². The minimum absolute atomic E-state index is 0.0238. The molecule has 2 N–H and O–H groups in total. The van der Waals surface area contributed by atoms with Crippen LogP contribution < -0.4 is 20.2 Å². The molecule has 2 fully saturated rings. The zero-order chi connectivity index (χ0) is 42.9. The number of rotatable bonds is 8. The van der Waals surface area contributed by atoms with E-state index in [4.69, 9.17) is 14.2 Å². The maximum Gasteiger partial charge on any atom is 0.429 e. The number of aromatic amines is 1. The first-order valence-electron chi connectivity index (χ1n) is 19.2. The second-order valence-corrected chi connectivity index (χ2v) is 17.1. The number of hydrogen-bond acceptors (Lipinski definition) is 11. The first-order valence-corrected chi connectivity index (χ1v) is 19.2. The molecule has 4 aromatic heterocycles. The van der Waals surface area contributed by atoms with Crippen molar-refractivity contribution in [2.24, 2.45) is 5.92 Å². The lowest BCUT2D eigenvalue weighted by atomic mass is 9.99. The number of pyridine rings is 3. The number of fused-ring (bicyclic) bond motifs is 5. The Bertz CT molecular complexity index is 2580. The Labute approximate surface area is 338 Å². The Morgan fingerprint density at radius 2 is 1.69 bits per heavy atom. The van der Waals surface area contributed by atoms with Crippen molar-refractivity contribution >= 4 is 62.5 Å². The number of anilines is 2. The van der Waals surface area contributed by atoms with Gasteiger partial charge in [-0.2, -0.15) is 0 Å².